The number of nitrogens with one attached hydrogen (secondary N) is 1. The Bertz CT molecular complexity index is 720. The Morgan fingerprint density at radius 2 is 1.62 bits per heavy atom. The summed E-state index contributed by atoms with van der Waals surface area (Å²) in [5.41, 5.74) is 0.431. The molecule has 1 aromatic carbocycles. The molecule has 1 aromatic rings. The van der Waals surface area contributed by atoms with Crippen LogP contribution in [0.25, 0.3) is 0 Å². The predicted molar refractivity (Wildman–Crippen MR) is 100 cm³/mol. The maximum atomic E-state index is 12.7. The van der Waals surface area contributed by atoms with Crippen LogP contribution in [0.5, 0.6) is 0 Å². The number of hydrogen-bond acceptors (Lipinski definition) is 5. The van der Waals surface area contributed by atoms with E-state index in [1.165, 1.54) is 28.6 Å². The second-order valence-electron chi connectivity index (χ2n) is 5.50. The monoisotopic (exact) mass is 382 g/mol. The second-order valence-corrected chi connectivity index (χ2v) is 7.44. The number of rotatable bonds is 10. The summed E-state index contributed by atoms with van der Waals surface area (Å²) in [6.07, 6.45) is 3.57. The Labute approximate surface area is 155 Å². The smallest absolute Gasteiger partial charge is 0.330 e. The Hall–Kier alpha value is -2.19. The van der Waals surface area contributed by atoms with Gasteiger partial charge in [0.05, 0.1) is 11.5 Å². The fraction of sp³-hybridized carbons (Fsp3) is 0.444. The summed E-state index contributed by atoms with van der Waals surface area (Å²) in [5, 5.41) is 2.56. The summed E-state index contributed by atoms with van der Waals surface area (Å²) in [5.74, 6) is -1.11. The molecule has 144 valence electrons. The molecule has 0 saturated carbocycles. The third kappa shape index (κ3) is 6.61. The van der Waals surface area contributed by atoms with Crippen LogP contribution in [0.1, 0.15) is 33.6 Å². The van der Waals surface area contributed by atoms with Gasteiger partial charge in [0.15, 0.2) is 0 Å². The minimum Gasteiger partial charge on any atom is -0.463 e. The molecule has 8 heteroatoms. The van der Waals surface area contributed by atoms with Crippen LogP contribution in [0, 0.1) is 0 Å². The van der Waals surface area contributed by atoms with Crippen molar-refractivity contribution >= 4 is 27.6 Å². The van der Waals surface area contributed by atoms with Gasteiger partial charge < -0.3 is 10.1 Å². The maximum Gasteiger partial charge on any atom is 0.330 e. The second kappa shape index (κ2) is 10.7. The highest BCUT2D eigenvalue weighted by atomic mass is 32.2. The third-order valence-corrected chi connectivity index (χ3v) is 5.28. The fourth-order valence-corrected chi connectivity index (χ4v) is 3.85. The molecule has 1 amide bonds. The molecule has 0 aliphatic rings. The van der Waals surface area contributed by atoms with E-state index in [0.29, 0.717) is 18.8 Å². The van der Waals surface area contributed by atoms with Crippen LogP contribution in [0.4, 0.5) is 5.69 Å². The van der Waals surface area contributed by atoms with Crippen LogP contribution in [-0.4, -0.2) is 44.3 Å². The van der Waals surface area contributed by atoms with Crippen LogP contribution in [0.15, 0.2) is 41.3 Å². The molecule has 0 aliphatic carbocycles. The molecule has 0 unspecified atom stereocenters. The Kier molecular flexibility index (Phi) is 9.01. The summed E-state index contributed by atoms with van der Waals surface area (Å²) in [6.45, 7) is 6.69. The van der Waals surface area contributed by atoms with Crippen molar-refractivity contribution < 1.29 is 22.7 Å². The zero-order valence-corrected chi connectivity index (χ0v) is 16.2. The molecule has 0 bridgehead atoms. The summed E-state index contributed by atoms with van der Waals surface area (Å²) in [4.78, 5) is 23.1. The van der Waals surface area contributed by atoms with Gasteiger partial charge in [0.1, 0.15) is 0 Å². The molecular weight excluding hydrogens is 356 g/mol. The molecule has 1 rings (SSSR count). The Morgan fingerprint density at radius 3 is 2.12 bits per heavy atom. The SMILES string of the molecule is CCCN(CCC)S(=O)(=O)c1ccc(NC(=O)/C=C/C(=O)OCC)cc1. The number of benzene rings is 1. The molecule has 0 spiro atoms. The third-order valence-electron chi connectivity index (χ3n) is 3.36. The van der Waals surface area contributed by atoms with Gasteiger partial charge in [0.2, 0.25) is 15.9 Å². The number of carbonyl (C=O) groups excluding carboxylic acids is 2. The van der Waals surface area contributed by atoms with Crippen LogP contribution < -0.4 is 5.32 Å². The van der Waals surface area contributed by atoms with Gasteiger partial charge >= 0.3 is 5.97 Å². The highest BCUT2D eigenvalue weighted by Crippen LogP contribution is 2.19. The zero-order valence-electron chi connectivity index (χ0n) is 15.4. The number of esters is 1. The van der Waals surface area contributed by atoms with Gasteiger partial charge in [-0.2, -0.15) is 4.31 Å². The molecule has 0 atom stereocenters. The quantitative estimate of drug-likeness (QED) is 0.496. The maximum absolute atomic E-state index is 12.7. The van der Waals surface area contributed by atoms with Crippen molar-refractivity contribution in [3.05, 3.63) is 36.4 Å². The van der Waals surface area contributed by atoms with E-state index in [1.807, 2.05) is 13.8 Å². The van der Waals surface area contributed by atoms with Gasteiger partial charge in [0.25, 0.3) is 0 Å². The molecular formula is C18H26N2O5S. The lowest BCUT2D eigenvalue weighted by Crippen LogP contribution is -2.32. The first-order valence-electron chi connectivity index (χ1n) is 8.61. The van der Waals surface area contributed by atoms with Gasteiger partial charge in [-0.3, -0.25) is 4.79 Å². The minimum absolute atomic E-state index is 0.180. The molecule has 0 aliphatic heterocycles. The van der Waals surface area contributed by atoms with Gasteiger partial charge in [-0.15, -0.1) is 0 Å². The number of amides is 1. The molecule has 0 saturated heterocycles. The minimum atomic E-state index is -3.55. The normalized spacial score (nSPS) is 11.7. The van der Waals surface area contributed by atoms with E-state index in [2.05, 4.69) is 10.1 Å². The van der Waals surface area contributed by atoms with Crippen molar-refractivity contribution in [2.45, 2.75) is 38.5 Å². The molecule has 26 heavy (non-hydrogen) atoms. The molecule has 0 aromatic heterocycles. The van der Waals surface area contributed by atoms with E-state index < -0.39 is 21.9 Å². The van der Waals surface area contributed by atoms with Crippen molar-refractivity contribution in [3.63, 3.8) is 0 Å². The summed E-state index contributed by atoms with van der Waals surface area (Å²) < 4.78 is 31.5. The van der Waals surface area contributed by atoms with Gasteiger partial charge in [0, 0.05) is 30.9 Å². The van der Waals surface area contributed by atoms with Gasteiger partial charge in [-0.25, -0.2) is 13.2 Å². The van der Waals surface area contributed by atoms with E-state index >= 15 is 0 Å². The topological polar surface area (TPSA) is 92.8 Å². The molecule has 0 fully saturated rings. The number of carbonyl (C=O) groups is 2. The van der Waals surface area contributed by atoms with E-state index in [-0.39, 0.29) is 11.5 Å². The fourth-order valence-electron chi connectivity index (χ4n) is 2.23. The number of hydrogen-bond donors (Lipinski definition) is 1. The number of anilines is 1. The number of nitrogens with zero attached hydrogens (tertiary/aromatic N) is 1. The van der Waals surface area contributed by atoms with E-state index in [9.17, 15) is 18.0 Å². The zero-order chi connectivity index (χ0) is 19.6. The molecule has 1 N–H and O–H groups in total. The first-order valence-corrected chi connectivity index (χ1v) is 10.0. The van der Waals surface area contributed by atoms with Crippen molar-refractivity contribution in [2.24, 2.45) is 0 Å². The Balaban J connectivity index is 2.81. The summed E-state index contributed by atoms with van der Waals surface area (Å²) in [7, 11) is -3.55. The first-order chi connectivity index (χ1) is 12.3. The van der Waals surface area contributed by atoms with Crippen LogP contribution >= 0.6 is 0 Å². The molecule has 0 radical (unpaired) electrons. The highest BCUT2D eigenvalue weighted by molar-refractivity contribution is 7.89. The van der Waals surface area contributed by atoms with E-state index in [0.717, 1.165) is 25.0 Å². The van der Waals surface area contributed by atoms with E-state index in [4.69, 9.17) is 0 Å². The standard InChI is InChI=1S/C18H26N2O5S/c1-4-13-20(14-5-2)26(23,24)16-9-7-15(8-10-16)19-17(21)11-12-18(22)25-6-3/h7-12H,4-6,13-14H2,1-3H3,(H,19,21)/b12-11+. The van der Waals surface area contributed by atoms with Gasteiger partial charge in [-0.1, -0.05) is 13.8 Å². The summed E-state index contributed by atoms with van der Waals surface area (Å²) >= 11 is 0. The van der Waals surface area contributed by atoms with Crippen LogP contribution in [0.3, 0.4) is 0 Å². The lowest BCUT2D eigenvalue weighted by atomic mass is 10.3. The first kappa shape index (κ1) is 21.9. The largest absolute Gasteiger partial charge is 0.463 e. The average molecular weight is 382 g/mol. The van der Waals surface area contributed by atoms with Gasteiger partial charge in [-0.05, 0) is 44.0 Å². The highest BCUT2D eigenvalue weighted by Gasteiger charge is 2.22. The van der Waals surface area contributed by atoms with Crippen molar-refractivity contribution in [2.75, 3.05) is 25.0 Å². The summed E-state index contributed by atoms with van der Waals surface area (Å²) in [6, 6.07) is 5.94. The lowest BCUT2D eigenvalue weighted by Gasteiger charge is -2.21. The van der Waals surface area contributed by atoms with Crippen molar-refractivity contribution in [1.82, 2.24) is 4.31 Å². The number of sulfonamides is 1. The van der Waals surface area contributed by atoms with Crippen molar-refractivity contribution in [3.8, 4) is 0 Å². The molecule has 0 heterocycles. The average Bonchev–Trinajstić information content (AvgIpc) is 2.60. The number of ether oxygens (including phenoxy) is 1. The predicted octanol–water partition coefficient (Wildman–Crippen LogP) is 2.56. The lowest BCUT2D eigenvalue weighted by molar-refractivity contribution is -0.137. The van der Waals surface area contributed by atoms with Crippen LogP contribution in [0.2, 0.25) is 0 Å². The molecule has 7 nitrogen and oxygen atoms in total. The van der Waals surface area contributed by atoms with Crippen LogP contribution in [-0.2, 0) is 24.3 Å². The van der Waals surface area contributed by atoms with E-state index in [1.54, 1.807) is 6.92 Å². The van der Waals surface area contributed by atoms with Crippen molar-refractivity contribution in [1.29, 1.82) is 0 Å². The Morgan fingerprint density at radius 1 is 1.04 bits per heavy atom.